The standard InChI is InChI=1S/C3H9N.C3H7N/c1-4(2)3;1-2-3-4/h1-3H3;2H,1,3-4H2. The first kappa shape index (κ1) is 10.6. The van der Waals surface area contributed by atoms with Crippen LogP contribution in [0.3, 0.4) is 0 Å². The molecule has 0 atom stereocenters. The molecule has 0 aromatic carbocycles. The summed E-state index contributed by atoms with van der Waals surface area (Å²) in [7, 11) is 6.00. The zero-order valence-corrected chi connectivity index (χ0v) is 6.02. The van der Waals surface area contributed by atoms with Crippen LogP contribution < -0.4 is 5.73 Å². The third kappa shape index (κ3) is 282. The molecule has 0 aliphatic heterocycles. The van der Waals surface area contributed by atoms with E-state index in [1.54, 1.807) is 6.08 Å². The molecule has 0 amide bonds. The molecule has 0 aromatic rings. The van der Waals surface area contributed by atoms with Crippen molar-refractivity contribution < 1.29 is 0 Å². The van der Waals surface area contributed by atoms with Crippen molar-refractivity contribution in [2.75, 3.05) is 27.7 Å². The molecule has 0 fully saturated rings. The molecule has 0 saturated heterocycles. The summed E-state index contributed by atoms with van der Waals surface area (Å²) in [6.07, 6.45) is 1.65. The first-order chi connectivity index (χ1) is 3.65. The zero-order valence-electron chi connectivity index (χ0n) is 6.02. The summed E-state index contributed by atoms with van der Waals surface area (Å²) in [5.74, 6) is 0. The highest BCUT2D eigenvalue weighted by Gasteiger charge is 1.58. The predicted molar refractivity (Wildman–Crippen MR) is 38.9 cm³/mol. The lowest BCUT2D eigenvalue weighted by Gasteiger charge is -1.90. The summed E-state index contributed by atoms with van der Waals surface area (Å²) in [5.41, 5.74) is 4.91. The van der Waals surface area contributed by atoms with E-state index < -0.39 is 0 Å². The topological polar surface area (TPSA) is 29.3 Å². The lowest BCUT2D eigenvalue weighted by Crippen LogP contribution is -1.99. The van der Waals surface area contributed by atoms with Crippen molar-refractivity contribution in [3.63, 3.8) is 0 Å². The Bertz CT molecular complexity index is 39.0. The number of hydrogen-bond acceptors (Lipinski definition) is 2. The van der Waals surface area contributed by atoms with Crippen LogP contribution in [0.2, 0.25) is 0 Å². The molecular formula is C6H16N2. The molecule has 0 aromatic heterocycles. The van der Waals surface area contributed by atoms with Gasteiger partial charge in [0, 0.05) is 6.54 Å². The Morgan fingerprint density at radius 2 is 1.62 bits per heavy atom. The highest BCUT2D eigenvalue weighted by Crippen LogP contribution is 1.47. The highest BCUT2D eigenvalue weighted by molar-refractivity contribution is 4.64. The minimum atomic E-state index is 0.583. The van der Waals surface area contributed by atoms with Crippen LogP contribution in [0.1, 0.15) is 0 Å². The molecule has 2 nitrogen and oxygen atoms in total. The molecule has 0 rings (SSSR count). The molecule has 0 aliphatic carbocycles. The van der Waals surface area contributed by atoms with E-state index in [9.17, 15) is 0 Å². The zero-order chi connectivity index (χ0) is 6.99. The lowest BCUT2D eigenvalue weighted by molar-refractivity contribution is 0.505. The van der Waals surface area contributed by atoms with Crippen LogP contribution in [0, 0.1) is 0 Å². The van der Waals surface area contributed by atoms with Crippen LogP contribution in [0.4, 0.5) is 0 Å². The molecule has 2 N–H and O–H groups in total. The van der Waals surface area contributed by atoms with Crippen molar-refractivity contribution in [3.8, 4) is 0 Å². The summed E-state index contributed by atoms with van der Waals surface area (Å²) in [5, 5.41) is 0. The van der Waals surface area contributed by atoms with E-state index in [4.69, 9.17) is 5.73 Å². The molecule has 0 unspecified atom stereocenters. The van der Waals surface area contributed by atoms with Crippen molar-refractivity contribution in [1.29, 1.82) is 0 Å². The molecule has 0 saturated carbocycles. The Balaban J connectivity index is 0. The third-order valence-corrected chi connectivity index (χ3v) is 0.167. The molecule has 8 heavy (non-hydrogen) atoms. The minimum absolute atomic E-state index is 0.583. The van der Waals surface area contributed by atoms with Gasteiger partial charge in [-0.3, -0.25) is 0 Å². The number of rotatable bonds is 1. The van der Waals surface area contributed by atoms with Gasteiger partial charge in [0.1, 0.15) is 0 Å². The van der Waals surface area contributed by atoms with Gasteiger partial charge in [-0.15, -0.1) is 6.58 Å². The second kappa shape index (κ2) is 9.83. The number of nitrogens with two attached hydrogens (primary N) is 1. The van der Waals surface area contributed by atoms with Gasteiger partial charge in [-0.2, -0.15) is 0 Å². The first-order valence-electron chi connectivity index (χ1n) is 2.57. The largest absolute Gasteiger partial charge is 0.327 e. The van der Waals surface area contributed by atoms with Crippen molar-refractivity contribution in [3.05, 3.63) is 12.7 Å². The van der Waals surface area contributed by atoms with Crippen LogP contribution in [0.5, 0.6) is 0 Å². The number of nitrogens with zero attached hydrogens (tertiary/aromatic N) is 1. The molecule has 0 spiro atoms. The van der Waals surface area contributed by atoms with Gasteiger partial charge in [0.25, 0.3) is 0 Å². The molecule has 2 heteroatoms. The highest BCUT2D eigenvalue weighted by atomic mass is 15.0. The van der Waals surface area contributed by atoms with Crippen LogP contribution in [-0.2, 0) is 0 Å². The average Bonchev–Trinajstić information content (AvgIpc) is 1.65. The first-order valence-corrected chi connectivity index (χ1v) is 2.57. The van der Waals surface area contributed by atoms with Gasteiger partial charge in [-0.05, 0) is 21.1 Å². The van der Waals surface area contributed by atoms with Gasteiger partial charge in [0.2, 0.25) is 0 Å². The van der Waals surface area contributed by atoms with Crippen molar-refractivity contribution in [2.24, 2.45) is 5.73 Å². The SMILES string of the molecule is C=CCN.CN(C)C. The van der Waals surface area contributed by atoms with Crippen molar-refractivity contribution >= 4 is 0 Å². The second-order valence-electron chi connectivity index (χ2n) is 1.87. The smallest absolute Gasteiger partial charge is 0.0104 e. The maximum Gasteiger partial charge on any atom is 0.0104 e. The fourth-order valence-electron chi connectivity index (χ4n) is 0. The van der Waals surface area contributed by atoms with E-state index in [1.165, 1.54) is 0 Å². The molecule has 0 aliphatic rings. The maximum atomic E-state index is 4.91. The normalized spacial score (nSPS) is 7.62. The Labute approximate surface area is 52.0 Å². The van der Waals surface area contributed by atoms with Crippen molar-refractivity contribution in [2.45, 2.75) is 0 Å². The Morgan fingerprint density at radius 1 is 1.50 bits per heavy atom. The monoisotopic (exact) mass is 116 g/mol. The van der Waals surface area contributed by atoms with Crippen LogP contribution in [-0.4, -0.2) is 32.6 Å². The minimum Gasteiger partial charge on any atom is -0.327 e. The maximum absolute atomic E-state index is 4.91. The van der Waals surface area contributed by atoms with Crippen LogP contribution in [0.15, 0.2) is 12.7 Å². The van der Waals surface area contributed by atoms with E-state index in [2.05, 4.69) is 6.58 Å². The summed E-state index contributed by atoms with van der Waals surface area (Å²) in [6.45, 7) is 3.94. The van der Waals surface area contributed by atoms with Crippen LogP contribution >= 0.6 is 0 Å². The van der Waals surface area contributed by atoms with Gasteiger partial charge >= 0.3 is 0 Å². The Hall–Kier alpha value is -0.340. The van der Waals surface area contributed by atoms with E-state index in [-0.39, 0.29) is 0 Å². The Kier molecular flexibility index (Phi) is 13.0. The molecule has 0 bridgehead atoms. The van der Waals surface area contributed by atoms with Gasteiger partial charge in [-0.25, -0.2) is 0 Å². The molecule has 50 valence electrons. The lowest BCUT2D eigenvalue weighted by atomic mass is 10.7. The van der Waals surface area contributed by atoms with E-state index in [0.717, 1.165) is 0 Å². The van der Waals surface area contributed by atoms with E-state index >= 15 is 0 Å². The molecule has 0 heterocycles. The summed E-state index contributed by atoms with van der Waals surface area (Å²) in [4.78, 5) is 2.00. The fourth-order valence-corrected chi connectivity index (χ4v) is 0. The molecule has 0 radical (unpaired) electrons. The van der Waals surface area contributed by atoms with E-state index in [0.29, 0.717) is 6.54 Å². The van der Waals surface area contributed by atoms with Gasteiger partial charge in [-0.1, -0.05) is 6.08 Å². The quantitative estimate of drug-likeness (QED) is 0.499. The number of hydrogen-bond donors (Lipinski definition) is 1. The fraction of sp³-hybridized carbons (Fsp3) is 0.667. The summed E-state index contributed by atoms with van der Waals surface area (Å²) in [6, 6.07) is 0. The average molecular weight is 116 g/mol. The predicted octanol–water partition coefficient (Wildman–Crippen LogP) is 0.309. The summed E-state index contributed by atoms with van der Waals surface area (Å²) >= 11 is 0. The molecular weight excluding hydrogens is 100 g/mol. The third-order valence-electron chi connectivity index (χ3n) is 0.167. The summed E-state index contributed by atoms with van der Waals surface area (Å²) < 4.78 is 0. The van der Waals surface area contributed by atoms with E-state index in [1.807, 2.05) is 26.0 Å². The van der Waals surface area contributed by atoms with Crippen molar-refractivity contribution in [1.82, 2.24) is 4.90 Å². The van der Waals surface area contributed by atoms with Gasteiger partial charge in [0.05, 0.1) is 0 Å². The van der Waals surface area contributed by atoms with Gasteiger partial charge in [0.15, 0.2) is 0 Å². The van der Waals surface area contributed by atoms with Gasteiger partial charge < -0.3 is 10.6 Å². The second-order valence-corrected chi connectivity index (χ2v) is 1.87. The Morgan fingerprint density at radius 3 is 1.62 bits per heavy atom. The van der Waals surface area contributed by atoms with Crippen LogP contribution in [0.25, 0.3) is 0 Å².